The van der Waals surface area contributed by atoms with Crippen LogP contribution in [-0.4, -0.2) is 19.3 Å². The van der Waals surface area contributed by atoms with E-state index in [0.29, 0.717) is 13.0 Å². The van der Waals surface area contributed by atoms with Crippen LogP contribution >= 0.6 is 0 Å². The van der Waals surface area contributed by atoms with Gasteiger partial charge in [-0.1, -0.05) is 18.2 Å². The third kappa shape index (κ3) is 2.55. The van der Waals surface area contributed by atoms with E-state index >= 15 is 0 Å². The monoisotopic (exact) mass is 209 g/mol. The summed E-state index contributed by atoms with van der Waals surface area (Å²) in [5, 5.41) is 0. The predicted octanol–water partition coefficient (Wildman–Crippen LogP) is 1.73. The van der Waals surface area contributed by atoms with Crippen molar-refractivity contribution in [3.8, 4) is 0 Å². The SMILES string of the molecule is N[C@H]1CCOC[C@H]1Cc1ccccc1F. The zero-order valence-corrected chi connectivity index (χ0v) is 8.66. The molecule has 1 aliphatic rings. The van der Waals surface area contributed by atoms with Gasteiger partial charge in [0.25, 0.3) is 0 Å². The number of nitrogens with two attached hydrogens (primary N) is 1. The number of halogens is 1. The lowest BCUT2D eigenvalue weighted by atomic mass is 9.90. The fourth-order valence-electron chi connectivity index (χ4n) is 1.97. The molecule has 15 heavy (non-hydrogen) atoms. The van der Waals surface area contributed by atoms with Crippen LogP contribution in [0.5, 0.6) is 0 Å². The minimum atomic E-state index is -0.143. The maximum absolute atomic E-state index is 13.4. The van der Waals surface area contributed by atoms with Gasteiger partial charge in [0.1, 0.15) is 5.82 Å². The molecular formula is C12H16FNO. The van der Waals surface area contributed by atoms with Gasteiger partial charge in [-0.15, -0.1) is 0 Å². The van der Waals surface area contributed by atoms with Gasteiger partial charge in [-0.3, -0.25) is 0 Å². The van der Waals surface area contributed by atoms with E-state index in [0.717, 1.165) is 18.6 Å². The molecule has 82 valence electrons. The van der Waals surface area contributed by atoms with Crippen molar-refractivity contribution >= 4 is 0 Å². The van der Waals surface area contributed by atoms with Gasteiger partial charge < -0.3 is 10.5 Å². The Kier molecular flexibility index (Phi) is 3.34. The molecule has 2 rings (SSSR count). The Balaban J connectivity index is 2.04. The van der Waals surface area contributed by atoms with Crippen LogP contribution in [0.25, 0.3) is 0 Å². The summed E-state index contributed by atoms with van der Waals surface area (Å²) >= 11 is 0. The molecular weight excluding hydrogens is 193 g/mol. The fourth-order valence-corrected chi connectivity index (χ4v) is 1.97. The fraction of sp³-hybridized carbons (Fsp3) is 0.500. The third-order valence-electron chi connectivity index (χ3n) is 2.97. The van der Waals surface area contributed by atoms with Gasteiger partial charge in [0.2, 0.25) is 0 Å². The van der Waals surface area contributed by atoms with E-state index in [2.05, 4.69) is 0 Å². The lowest BCUT2D eigenvalue weighted by molar-refractivity contribution is 0.0419. The highest BCUT2D eigenvalue weighted by atomic mass is 19.1. The highest BCUT2D eigenvalue weighted by Gasteiger charge is 2.23. The smallest absolute Gasteiger partial charge is 0.126 e. The van der Waals surface area contributed by atoms with Crippen LogP contribution in [0.4, 0.5) is 4.39 Å². The highest BCUT2D eigenvalue weighted by molar-refractivity contribution is 5.18. The molecule has 2 nitrogen and oxygen atoms in total. The van der Waals surface area contributed by atoms with Crippen LogP contribution in [-0.2, 0) is 11.2 Å². The lowest BCUT2D eigenvalue weighted by Gasteiger charge is -2.28. The normalized spacial score (nSPS) is 26.5. The first-order chi connectivity index (χ1) is 7.27. The molecule has 1 saturated heterocycles. The average molecular weight is 209 g/mol. The molecule has 0 bridgehead atoms. The van der Waals surface area contributed by atoms with E-state index in [-0.39, 0.29) is 17.8 Å². The first-order valence-electron chi connectivity index (χ1n) is 5.34. The van der Waals surface area contributed by atoms with E-state index in [9.17, 15) is 4.39 Å². The van der Waals surface area contributed by atoms with Gasteiger partial charge in [-0.25, -0.2) is 4.39 Å². The minimum absolute atomic E-state index is 0.137. The van der Waals surface area contributed by atoms with Gasteiger partial charge in [0.05, 0.1) is 6.61 Å². The van der Waals surface area contributed by atoms with Crippen LogP contribution in [0.3, 0.4) is 0 Å². The van der Waals surface area contributed by atoms with Crippen molar-refractivity contribution in [3.63, 3.8) is 0 Å². The molecule has 0 aromatic heterocycles. The lowest BCUT2D eigenvalue weighted by Crippen LogP contribution is -2.39. The Bertz CT molecular complexity index is 329. The van der Waals surface area contributed by atoms with Gasteiger partial charge in [0, 0.05) is 18.6 Å². The van der Waals surface area contributed by atoms with Crippen LogP contribution in [0, 0.1) is 11.7 Å². The number of hydrogen-bond donors (Lipinski definition) is 1. The van der Waals surface area contributed by atoms with Gasteiger partial charge >= 0.3 is 0 Å². The number of rotatable bonds is 2. The quantitative estimate of drug-likeness (QED) is 0.805. The Labute approximate surface area is 89.2 Å². The molecule has 1 heterocycles. The van der Waals surface area contributed by atoms with Crippen molar-refractivity contribution in [1.29, 1.82) is 0 Å². The predicted molar refractivity (Wildman–Crippen MR) is 57.0 cm³/mol. The first kappa shape index (κ1) is 10.6. The molecule has 3 heteroatoms. The molecule has 0 unspecified atom stereocenters. The molecule has 1 aromatic rings. The molecule has 2 N–H and O–H groups in total. The van der Waals surface area contributed by atoms with Crippen molar-refractivity contribution in [1.82, 2.24) is 0 Å². The zero-order chi connectivity index (χ0) is 10.7. The number of hydrogen-bond acceptors (Lipinski definition) is 2. The molecule has 0 radical (unpaired) electrons. The zero-order valence-electron chi connectivity index (χ0n) is 8.66. The van der Waals surface area contributed by atoms with Crippen LogP contribution < -0.4 is 5.73 Å². The van der Waals surface area contributed by atoms with Gasteiger partial charge in [-0.05, 0) is 24.5 Å². The topological polar surface area (TPSA) is 35.2 Å². The molecule has 1 aliphatic heterocycles. The van der Waals surface area contributed by atoms with Crippen molar-refractivity contribution in [2.24, 2.45) is 11.7 Å². The maximum Gasteiger partial charge on any atom is 0.126 e. The molecule has 0 aliphatic carbocycles. The number of ether oxygens (including phenoxy) is 1. The summed E-state index contributed by atoms with van der Waals surface area (Å²) in [6, 6.07) is 7.00. The minimum Gasteiger partial charge on any atom is -0.381 e. The second-order valence-corrected chi connectivity index (χ2v) is 4.08. The Hall–Kier alpha value is -0.930. The van der Waals surface area contributed by atoms with Crippen molar-refractivity contribution in [3.05, 3.63) is 35.6 Å². The van der Waals surface area contributed by atoms with Gasteiger partial charge in [-0.2, -0.15) is 0 Å². The largest absolute Gasteiger partial charge is 0.381 e. The molecule has 1 fully saturated rings. The summed E-state index contributed by atoms with van der Waals surface area (Å²) in [4.78, 5) is 0. The first-order valence-corrected chi connectivity index (χ1v) is 5.34. The van der Waals surface area contributed by atoms with Crippen molar-refractivity contribution < 1.29 is 9.13 Å². The summed E-state index contributed by atoms with van der Waals surface area (Å²) in [5.74, 6) is 0.103. The van der Waals surface area contributed by atoms with Crippen molar-refractivity contribution in [2.75, 3.05) is 13.2 Å². The van der Waals surface area contributed by atoms with E-state index < -0.39 is 0 Å². The second kappa shape index (κ2) is 4.73. The summed E-state index contributed by atoms with van der Waals surface area (Å²) in [5.41, 5.74) is 6.71. The average Bonchev–Trinajstić information content (AvgIpc) is 2.24. The molecule has 0 amide bonds. The third-order valence-corrected chi connectivity index (χ3v) is 2.97. The van der Waals surface area contributed by atoms with E-state index in [1.165, 1.54) is 6.07 Å². The van der Waals surface area contributed by atoms with Crippen LogP contribution in [0.2, 0.25) is 0 Å². The Morgan fingerprint density at radius 3 is 2.93 bits per heavy atom. The molecule has 1 aromatic carbocycles. The molecule has 2 atom stereocenters. The summed E-state index contributed by atoms with van der Waals surface area (Å²) in [6.07, 6.45) is 1.55. The van der Waals surface area contributed by atoms with E-state index in [1.807, 2.05) is 12.1 Å². The molecule has 0 saturated carbocycles. The molecule has 0 spiro atoms. The highest BCUT2D eigenvalue weighted by Crippen LogP contribution is 2.19. The Morgan fingerprint density at radius 2 is 2.20 bits per heavy atom. The van der Waals surface area contributed by atoms with Crippen molar-refractivity contribution in [2.45, 2.75) is 18.9 Å². The maximum atomic E-state index is 13.4. The second-order valence-electron chi connectivity index (χ2n) is 4.08. The summed E-state index contributed by atoms with van der Waals surface area (Å²) in [6.45, 7) is 1.38. The van der Waals surface area contributed by atoms with E-state index in [1.54, 1.807) is 6.07 Å². The summed E-state index contributed by atoms with van der Waals surface area (Å²) in [7, 11) is 0. The Morgan fingerprint density at radius 1 is 1.40 bits per heavy atom. The van der Waals surface area contributed by atoms with Crippen LogP contribution in [0.1, 0.15) is 12.0 Å². The summed E-state index contributed by atoms with van der Waals surface area (Å²) < 4.78 is 18.8. The van der Waals surface area contributed by atoms with Gasteiger partial charge in [0.15, 0.2) is 0 Å². The van der Waals surface area contributed by atoms with E-state index in [4.69, 9.17) is 10.5 Å². The standard InChI is InChI=1S/C12H16FNO/c13-11-4-2-1-3-9(11)7-10-8-15-6-5-12(10)14/h1-4,10,12H,5-8,14H2/t10-,12+/m1/s1. The number of benzene rings is 1. The van der Waals surface area contributed by atoms with Crippen LogP contribution in [0.15, 0.2) is 24.3 Å².